The van der Waals surface area contributed by atoms with E-state index in [1.807, 2.05) is 0 Å². The quantitative estimate of drug-likeness (QED) is 0.790. The Bertz CT molecular complexity index is 365. The molecule has 1 amide bonds. The molecule has 0 aliphatic heterocycles. The van der Waals surface area contributed by atoms with E-state index in [1.165, 1.54) is 4.90 Å². The molecule has 0 aromatic carbocycles. The normalized spacial score (nSPS) is 11.6. The maximum Gasteiger partial charge on any atom is 0.411 e. The number of halogens is 3. The van der Waals surface area contributed by atoms with Gasteiger partial charge in [0.25, 0.3) is 0 Å². The summed E-state index contributed by atoms with van der Waals surface area (Å²) >= 11 is 0. The third-order valence-electron chi connectivity index (χ3n) is 2.13. The van der Waals surface area contributed by atoms with Gasteiger partial charge in [-0.2, -0.15) is 18.3 Å². The van der Waals surface area contributed by atoms with Crippen molar-refractivity contribution in [1.82, 2.24) is 15.1 Å². The van der Waals surface area contributed by atoms with E-state index in [0.717, 1.165) is 5.56 Å². The highest BCUT2D eigenvalue weighted by molar-refractivity contribution is 5.75. The van der Waals surface area contributed by atoms with Gasteiger partial charge in [-0.3, -0.25) is 9.89 Å². The first-order chi connectivity index (χ1) is 8.38. The molecule has 1 N–H and O–H groups in total. The Hall–Kier alpha value is -1.57. The smallest absolute Gasteiger partial charge is 0.372 e. The third-order valence-corrected chi connectivity index (χ3v) is 2.13. The summed E-state index contributed by atoms with van der Waals surface area (Å²) < 4.78 is 39.6. The average molecular weight is 265 g/mol. The molecule has 0 radical (unpaired) electrons. The van der Waals surface area contributed by atoms with Crippen molar-refractivity contribution in [2.45, 2.75) is 19.1 Å². The van der Waals surface area contributed by atoms with Crippen LogP contribution in [-0.4, -0.2) is 47.4 Å². The molecule has 0 saturated carbocycles. The molecule has 1 aromatic heterocycles. The lowest BCUT2D eigenvalue weighted by molar-refractivity contribution is -0.175. The summed E-state index contributed by atoms with van der Waals surface area (Å²) in [5.41, 5.74) is 0.821. The zero-order chi connectivity index (χ0) is 13.6. The van der Waals surface area contributed by atoms with Crippen LogP contribution < -0.4 is 0 Å². The highest BCUT2D eigenvalue weighted by atomic mass is 19.4. The molecular weight excluding hydrogens is 251 g/mol. The molecule has 1 rings (SSSR count). The summed E-state index contributed by atoms with van der Waals surface area (Å²) in [5.74, 6) is -0.279. The molecule has 8 heteroatoms. The lowest BCUT2D eigenvalue weighted by atomic mass is 10.3. The van der Waals surface area contributed by atoms with Crippen LogP contribution in [0, 0.1) is 0 Å². The molecule has 1 aromatic rings. The molecule has 0 spiro atoms. The number of hydrogen-bond acceptors (Lipinski definition) is 3. The van der Waals surface area contributed by atoms with Crippen LogP contribution >= 0.6 is 0 Å². The van der Waals surface area contributed by atoms with E-state index in [1.54, 1.807) is 19.4 Å². The molecule has 0 aliphatic rings. The number of ether oxygens (including phenoxy) is 1. The third kappa shape index (κ3) is 5.67. The standard InChI is InChI=1S/C10H14F3N3O2/c1-16(6-8-4-14-15-5-8)9(17)2-3-18-7-10(11,12)13/h4-5H,2-3,6-7H2,1H3,(H,14,15). The Balaban J connectivity index is 2.20. The fraction of sp³-hybridized carbons (Fsp3) is 0.600. The Kier molecular flexibility index (Phi) is 5.14. The van der Waals surface area contributed by atoms with Crippen molar-refractivity contribution in [3.8, 4) is 0 Å². The summed E-state index contributed by atoms with van der Waals surface area (Å²) in [6, 6.07) is 0. The molecule has 18 heavy (non-hydrogen) atoms. The van der Waals surface area contributed by atoms with Gasteiger partial charge in [-0.25, -0.2) is 0 Å². The van der Waals surface area contributed by atoms with Crippen molar-refractivity contribution in [2.75, 3.05) is 20.3 Å². The van der Waals surface area contributed by atoms with Gasteiger partial charge in [0.2, 0.25) is 5.91 Å². The highest BCUT2D eigenvalue weighted by Gasteiger charge is 2.27. The maximum atomic E-state index is 11.8. The van der Waals surface area contributed by atoms with Gasteiger partial charge < -0.3 is 9.64 Å². The number of hydrogen-bond donors (Lipinski definition) is 1. The Labute approximate surface area is 102 Å². The first-order valence-corrected chi connectivity index (χ1v) is 5.24. The predicted molar refractivity (Wildman–Crippen MR) is 56.6 cm³/mol. The van der Waals surface area contributed by atoms with E-state index in [4.69, 9.17) is 0 Å². The number of carbonyl (C=O) groups excluding carboxylic acids is 1. The Morgan fingerprint density at radius 3 is 2.83 bits per heavy atom. The van der Waals surface area contributed by atoms with Crippen molar-refractivity contribution in [2.24, 2.45) is 0 Å². The highest BCUT2D eigenvalue weighted by Crippen LogP contribution is 2.14. The van der Waals surface area contributed by atoms with Gasteiger partial charge in [0, 0.05) is 25.4 Å². The number of H-pyrrole nitrogens is 1. The minimum atomic E-state index is -4.36. The lowest BCUT2D eigenvalue weighted by Crippen LogP contribution is -2.27. The number of aromatic amines is 1. The maximum absolute atomic E-state index is 11.8. The summed E-state index contributed by atoms with van der Waals surface area (Å²) in [6.45, 7) is -1.21. The summed E-state index contributed by atoms with van der Waals surface area (Å²) in [5, 5.41) is 6.33. The second-order valence-electron chi connectivity index (χ2n) is 3.77. The molecule has 0 saturated heterocycles. The van der Waals surface area contributed by atoms with E-state index in [9.17, 15) is 18.0 Å². The number of carbonyl (C=O) groups is 1. The van der Waals surface area contributed by atoms with Gasteiger partial charge in [-0.15, -0.1) is 0 Å². The molecule has 1 heterocycles. The number of aromatic nitrogens is 2. The van der Waals surface area contributed by atoms with E-state index in [-0.39, 0.29) is 18.9 Å². The fourth-order valence-corrected chi connectivity index (χ4v) is 1.26. The largest absolute Gasteiger partial charge is 0.411 e. The van der Waals surface area contributed by atoms with Crippen molar-refractivity contribution >= 4 is 5.91 Å². The molecule has 102 valence electrons. The van der Waals surface area contributed by atoms with Crippen molar-refractivity contribution in [3.05, 3.63) is 18.0 Å². The topological polar surface area (TPSA) is 58.2 Å². The lowest BCUT2D eigenvalue weighted by Gasteiger charge is -2.16. The number of amides is 1. The van der Waals surface area contributed by atoms with Crippen molar-refractivity contribution in [3.63, 3.8) is 0 Å². The minimum Gasteiger partial charge on any atom is -0.372 e. The molecule has 0 fully saturated rings. The van der Waals surface area contributed by atoms with Crippen LogP contribution in [0.15, 0.2) is 12.4 Å². The Morgan fingerprint density at radius 2 is 2.28 bits per heavy atom. The van der Waals surface area contributed by atoms with Crippen LogP contribution in [0.5, 0.6) is 0 Å². The molecule has 0 bridgehead atoms. The van der Waals surface area contributed by atoms with Crippen LogP contribution in [-0.2, 0) is 16.1 Å². The first kappa shape index (κ1) is 14.5. The monoisotopic (exact) mass is 265 g/mol. The minimum absolute atomic E-state index is 0.0789. The number of nitrogens with one attached hydrogen (secondary N) is 1. The van der Waals surface area contributed by atoms with Gasteiger partial charge in [0.05, 0.1) is 19.2 Å². The zero-order valence-electron chi connectivity index (χ0n) is 9.83. The van der Waals surface area contributed by atoms with Crippen molar-refractivity contribution in [1.29, 1.82) is 0 Å². The molecule has 0 unspecified atom stereocenters. The van der Waals surface area contributed by atoms with Gasteiger partial charge >= 0.3 is 6.18 Å². The summed E-state index contributed by atoms with van der Waals surface area (Å²) in [6.07, 6.45) is -1.22. The van der Waals surface area contributed by atoms with Crippen LogP contribution in [0.25, 0.3) is 0 Å². The first-order valence-electron chi connectivity index (χ1n) is 5.24. The number of rotatable bonds is 6. The summed E-state index contributed by atoms with van der Waals surface area (Å²) in [4.78, 5) is 12.9. The van der Waals surface area contributed by atoms with E-state index in [2.05, 4.69) is 14.9 Å². The average Bonchev–Trinajstić information content (AvgIpc) is 2.75. The van der Waals surface area contributed by atoms with Gasteiger partial charge in [0.15, 0.2) is 0 Å². The van der Waals surface area contributed by atoms with E-state index in [0.29, 0.717) is 6.54 Å². The van der Waals surface area contributed by atoms with Crippen LogP contribution in [0.1, 0.15) is 12.0 Å². The summed E-state index contributed by atoms with van der Waals surface area (Å²) in [7, 11) is 1.57. The van der Waals surface area contributed by atoms with Crippen LogP contribution in [0.4, 0.5) is 13.2 Å². The molecular formula is C10H14F3N3O2. The molecule has 0 aliphatic carbocycles. The van der Waals surface area contributed by atoms with E-state index < -0.39 is 12.8 Å². The van der Waals surface area contributed by atoms with Gasteiger partial charge in [0.1, 0.15) is 6.61 Å². The van der Waals surface area contributed by atoms with Crippen LogP contribution in [0.3, 0.4) is 0 Å². The molecule has 5 nitrogen and oxygen atoms in total. The van der Waals surface area contributed by atoms with Crippen LogP contribution in [0.2, 0.25) is 0 Å². The Morgan fingerprint density at radius 1 is 1.56 bits per heavy atom. The molecule has 0 atom stereocenters. The SMILES string of the molecule is CN(Cc1cn[nH]c1)C(=O)CCOCC(F)(F)F. The van der Waals surface area contributed by atoms with Gasteiger partial charge in [-0.1, -0.05) is 0 Å². The number of nitrogens with zero attached hydrogens (tertiary/aromatic N) is 2. The number of alkyl halides is 3. The zero-order valence-corrected chi connectivity index (χ0v) is 9.83. The van der Waals surface area contributed by atoms with E-state index >= 15 is 0 Å². The fourth-order valence-electron chi connectivity index (χ4n) is 1.26. The van der Waals surface area contributed by atoms with Crippen molar-refractivity contribution < 1.29 is 22.7 Å². The second kappa shape index (κ2) is 6.39. The second-order valence-corrected chi connectivity index (χ2v) is 3.77. The predicted octanol–water partition coefficient (Wildman–Crippen LogP) is 1.34. The van der Waals surface area contributed by atoms with Gasteiger partial charge in [-0.05, 0) is 0 Å².